The largest absolute Gasteiger partial charge is 0.460 e. The van der Waals surface area contributed by atoms with Crippen LogP contribution in [0.25, 0.3) is 6.08 Å². The molecule has 1 aliphatic rings. The molecule has 0 N–H and O–H groups in total. The van der Waals surface area contributed by atoms with Crippen molar-refractivity contribution in [3.8, 4) is 0 Å². The van der Waals surface area contributed by atoms with Crippen molar-refractivity contribution in [1.29, 1.82) is 0 Å². The maximum atomic E-state index is 13.0. The van der Waals surface area contributed by atoms with E-state index in [9.17, 15) is 27.6 Å². The number of carbonyl (C=O) groups is 3. The van der Waals surface area contributed by atoms with Crippen molar-refractivity contribution in [3.05, 3.63) is 34.9 Å². The molecule has 28 heavy (non-hydrogen) atoms. The van der Waals surface area contributed by atoms with Gasteiger partial charge >= 0.3 is 18.2 Å². The summed E-state index contributed by atoms with van der Waals surface area (Å²) in [5.74, 6) is -1.60. The van der Waals surface area contributed by atoms with E-state index in [2.05, 4.69) is 0 Å². The summed E-state index contributed by atoms with van der Waals surface area (Å²) < 4.78 is 44.0. The maximum absolute atomic E-state index is 13.0. The number of imide groups is 1. The van der Waals surface area contributed by atoms with Gasteiger partial charge in [-0.25, -0.2) is 14.5 Å². The molecule has 0 saturated carbocycles. The second-order valence-corrected chi connectivity index (χ2v) is 6.82. The molecule has 1 aromatic carbocycles. The molecule has 1 atom stereocenters. The Labute approximate surface area is 164 Å². The van der Waals surface area contributed by atoms with E-state index >= 15 is 0 Å². The van der Waals surface area contributed by atoms with Gasteiger partial charge in [0.1, 0.15) is 6.04 Å². The lowest BCUT2D eigenvalue weighted by atomic mass is 10.1. The Bertz CT molecular complexity index is 824. The Morgan fingerprint density at radius 1 is 1.32 bits per heavy atom. The van der Waals surface area contributed by atoms with Crippen LogP contribution in [0.3, 0.4) is 0 Å². The number of alkyl halides is 3. The fourth-order valence-corrected chi connectivity index (χ4v) is 2.79. The molecule has 3 amide bonds. The molecular weight excluding hydrogens is 401 g/mol. The third-order valence-corrected chi connectivity index (χ3v) is 4.29. The molecule has 0 bridgehead atoms. The van der Waals surface area contributed by atoms with Crippen LogP contribution in [-0.2, 0) is 14.3 Å². The van der Waals surface area contributed by atoms with Crippen LogP contribution in [0.2, 0.25) is 5.02 Å². The van der Waals surface area contributed by atoms with Crippen LogP contribution >= 0.6 is 11.6 Å². The molecule has 1 heterocycles. The van der Waals surface area contributed by atoms with Gasteiger partial charge in [0.05, 0.1) is 18.2 Å². The lowest BCUT2D eigenvalue weighted by molar-refractivity contribution is -0.179. The van der Waals surface area contributed by atoms with Crippen LogP contribution in [0.15, 0.2) is 24.3 Å². The first kappa shape index (κ1) is 21.7. The maximum Gasteiger partial charge on any atom is 0.409 e. The van der Waals surface area contributed by atoms with Crippen molar-refractivity contribution in [2.75, 3.05) is 11.9 Å². The number of esters is 1. The molecule has 1 aliphatic heterocycles. The van der Waals surface area contributed by atoms with Gasteiger partial charge < -0.3 is 9.64 Å². The first-order valence-corrected chi connectivity index (χ1v) is 8.64. The van der Waals surface area contributed by atoms with Crippen molar-refractivity contribution in [3.63, 3.8) is 0 Å². The lowest BCUT2D eigenvalue weighted by Gasteiger charge is -2.38. The Morgan fingerprint density at radius 3 is 2.54 bits per heavy atom. The van der Waals surface area contributed by atoms with Gasteiger partial charge in [-0.05, 0) is 43.7 Å². The molecular formula is C18H18ClF3N2O4. The number of hydrogen-bond donors (Lipinski definition) is 0. The number of hydrogen-bond acceptors (Lipinski definition) is 4. The van der Waals surface area contributed by atoms with Crippen LogP contribution in [0.5, 0.6) is 0 Å². The molecule has 6 nitrogen and oxygen atoms in total. The quantitative estimate of drug-likeness (QED) is 0.547. The fraction of sp³-hybridized carbons (Fsp3) is 0.389. The second kappa shape index (κ2) is 8.22. The minimum atomic E-state index is -4.71. The summed E-state index contributed by atoms with van der Waals surface area (Å²) in [4.78, 5) is 37.4. The number of benzene rings is 1. The molecule has 1 fully saturated rings. The lowest BCUT2D eigenvalue weighted by Crippen LogP contribution is -2.60. The normalized spacial score (nSPS) is 18.4. The van der Waals surface area contributed by atoms with Crippen LogP contribution in [-0.4, -0.2) is 48.2 Å². The first-order chi connectivity index (χ1) is 12.9. The van der Waals surface area contributed by atoms with E-state index in [4.69, 9.17) is 16.3 Å². The highest BCUT2D eigenvalue weighted by molar-refractivity contribution is 6.32. The molecule has 1 aromatic rings. The molecule has 0 radical (unpaired) electrons. The smallest absolute Gasteiger partial charge is 0.409 e. The number of nitrogens with zero attached hydrogens (tertiary/aromatic N) is 2. The minimum absolute atomic E-state index is 0.0451. The second-order valence-electron chi connectivity index (χ2n) is 6.41. The topological polar surface area (TPSA) is 66.9 Å². The number of ether oxygens (including phenoxy) is 1. The van der Waals surface area contributed by atoms with Crippen molar-refractivity contribution in [2.24, 2.45) is 0 Å². The summed E-state index contributed by atoms with van der Waals surface area (Å²) in [6, 6.07) is 0.764. The van der Waals surface area contributed by atoms with Crippen LogP contribution in [0, 0.1) is 0 Å². The fourth-order valence-electron chi connectivity index (χ4n) is 2.61. The molecule has 0 aromatic heterocycles. The van der Waals surface area contributed by atoms with Crippen molar-refractivity contribution in [2.45, 2.75) is 38.6 Å². The van der Waals surface area contributed by atoms with Crippen molar-refractivity contribution >= 4 is 41.3 Å². The van der Waals surface area contributed by atoms with Crippen molar-refractivity contribution < 1.29 is 32.3 Å². The van der Waals surface area contributed by atoms with E-state index in [-0.39, 0.29) is 16.8 Å². The van der Waals surface area contributed by atoms with E-state index in [1.54, 1.807) is 13.8 Å². The number of urea groups is 1. The van der Waals surface area contributed by atoms with Crippen molar-refractivity contribution in [1.82, 2.24) is 4.90 Å². The zero-order valence-electron chi connectivity index (χ0n) is 15.3. The Hall–Kier alpha value is -2.55. The summed E-state index contributed by atoms with van der Waals surface area (Å²) in [6.45, 7) is 3.36. The van der Waals surface area contributed by atoms with E-state index in [1.165, 1.54) is 24.3 Å². The van der Waals surface area contributed by atoms with Gasteiger partial charge in [0.2, 0.25) is 5.91 Å². The van der Waals surface area contributed by atoms with Crippen LogP contribution < -0.4 is 4.90 Å². The highest BCUT2D eigenvalue weighted by Gasteiger charge is 2.50. The molecule has 1 unspecified atom stereocenters. The van der Waals surface area contributed by atoms with Gasteiger partial charge in [0.15, 0.2) is 0 Å². The van der Waals surface area contributed by atoms with E-state index in [1.807, 2.05) is 0 Å². The standard InChI is InChI=1S/C18H18ClF3N2O4/c1-10(2)28-16(26)7-4-11-8-12(5-6-13(11)19)24-15(25)9-14(18(20,21)22)23(3)17(24)27/h4-8,10,14H,9H2,1-3H3/b7-4+. The van der Waals surface area contributed by atoms with E-state index in [0.29, 0.717) is 15.4 Å². The molecule has 10 heteroatoms. The van der Waals surface area contributed by atoms with E-state index < -0.39 is 36.5 Å². The molecule has 152 valence electrons. The van der Waals surface area contributed by atoms with Gasteiger partial charge in [-0.3, -0.25) is 4.79 Å². The zero-order chi connectivity index (χ0) is 21.2. The predicted octanol–water partition coefficient (Wildman–Crippen LogP) is 4.02. The Balaban J connectivity index is 2.31. The minimum Gasteiger partial charge on any atom is -0.460 e. The highest BCUT2D eigenvalue weighted by Crippen LogP contribution is 2.34. The van der Waals surface area contributed by atoms with Crippen LogP contribution in [0.1, 0.15) is 25.8 Å². The Morgan fingerprint density at radius 2 is 1.96 bits per heavy atom. The van der Waals surface area contributed by atoms with Gasteiger partial charge in [0, 0.05) is 18.1 Å². The van der Waals surface area contributed by atoms with E-state index in [0.717, 1.165) is 13.1 Å². The SMILES string of the molecule is CC(C)OC(=O)/C=C/c1cc(N2C(=O)CC(C(F)(F)F)N(C)C2=O)ccc1Cl. The third-order valence-electron chi connectivity index (χ3n) is 3.94. The molecule has 0 spiro atoms. The summed E-state index contributed by atoms with van der Waals surface area (Å²) >= 11 is 6.06. The number of amides is 3. The predicted molar refractivity (Wildman–Crippen MR) is 96.8 cm³/mol. The highest BCUT2D eigenvalue weighted by atomic mass is 35.5. The average Bonchev–Trinajstić information content (AvgIpc) is 2.56. The number of halogens is 4. The average molecular weight is 419 g/mol. The van der Waals surface area contributed by atoms with Crippen LogP contribution in [0.4, 0.5) is 23.7 Å². The summed E-state index contributed by atoms with van der Waals surface area (Å²) in [5, 5.41) is 0.218. The zero-order valence-corrected chi connectivity index (χ0v) is 16.0. The third kappa shape index (κ3) is 4.83. The van der Waals surface area contributed by atoms with Gasteiger partial charge in [-0.1, -0.05) is 11.6 Å². The number of rotatable bonds is 4. The Kier molecular flexibility index (Phi) is 6.38. The summed E-state index contributed by atoms with van der Waals surface area (Å²) in [6.07, 6.45) is -3.47. The summed E-state index contributed by atoms with van der Waals surface area (Å²) in [7, 11) is 0.985. The number of anilines is 1. The monoisotopic (exact) mass is 418 g/mol. The molecule has 0 aliphatic carbocycles. The summed E-state index contributed by atoms with van der Waals surface area (Å²) in [5.41, 5.74) is 0.338. The number of carbonyl (C=O) groups excluding carboxylic acids is 3. The molecule has 2 rings (SSSR count). The molecule has 1 saturated heterocycles. The van der Waals surface area contributed by atoms with Gasteiger partial charge in [0.25, 0.3) is 0 Å². The van der Waals surface area contributed by atoms with Gasteiger partial charge in [-0.15, -0.1) is 0 Å². The van der Waals surface area contributed by atoms with Gasteiger partial charge in [-0.2, -0.15) is 13.2 Å². The first-order valence-electron chi connectivity index (χ1n) is 8.26.